The summed E-state index contributed by atoms with van der Waals surface area (Å²) in [5, 5.41) is 8.38. The van der Waals surface area contributed by atoms with Crippen LogP contribution in [0.4, 0.5) is 5.82 Å². The van der Waals surface area contributed by atoms with Gasteiger partial charge in [0.25, 0.3) is 11.8 Å². The number of carbonyl (C=O) groups excluding carboxylic acids is 3. The largest absolute Gasteiger partial charge is 0.308 e. The molecule has 1 N–H and O–H groups in total. The smallest absolute Gasteiger partial charge is 0.261 e. The lowest BCUT2D eigenvalue weighted by Gasteiger charge is -2.13. The molecule has 0 radical (unpaired) electrons. The molecule has 7 nitrogen and oxygen atoms in total. The van der Waals surface area contributed by atoms with Crippen molar-refractivity contribution in [2.75, 3.05) is 11.9 Å². The number of nitrogens with one attached hydrogen (secondary N) is 1. The summed E-state index contributed by atoms with van der Waals surface area (Å²) in [7, 11) is 0. The van der Waals surface area contributed by atoms with Crippen LogP contribution in [0.25, 0.3) is 0 Å². The Morgan fingerprint density at radius 3 is 2.15 bits per heavy atom. The quantitative estimate of drug-likeness (QED) is 0.291. The van der Waals surface area contributed by atoms with Crippen molar-refractivity contribution in [2.24, 2.45) is 0 Å². The van der Waals surface area contributed by atoms with E-state index in [1.807, 2.05) is 0 Å². The number of aromatic nitrogens is 2. The molecule has 0 unspecified atom stereocenters. The highest BCUT2D eigenvalue weighted by Gasteiger charge is 2.34. The Balaban J connectivity index is 1.22. The van der Waals surface area contributed by atoms with Crippen LogP contribution in [0.5, 0.6) is 0 Å². The van der Waals surface area contributed by atoms with Gasteiger partial charge in [-0.3, -0.25) is 24.0 Å². The van der Waals surface area contributed by atoms with Crippen molar-refractivity contribution in [1.29, 1.82) is 0 Å². The minimum absolute atomic E-state index is 0.219. The zero-order valence-electron chi connectivity index (χ0n) is 18.1. The van der Waals surface area contributed by atoms with Gasteiger partial charge < -0.3 is 5.32 Å². The molecule has 0 atom stereocenters. The molecular weight excluding hydrogens is 499 g/mol. The molecule has 2 heterocycles. The van der Waals surface area contributed by atoms with Crippen LogP contribution in [0.15, 0.2) is 48.7 Å². The summed E-state index contributed by atoms with van der Waals surface area (Å²) in [6.45, 7) is 0.640. The van der Waals surface area contributed by atoms with Gasteiger partial charge in [0.2, 0.25) is 5.91 Å². The van der Waals surface area contributed by atoms with Crippen LogP contribution in [0.3, 0.4) is 0 Å². The van der Waals surface area contributed by atoms with Gasteiger partial charge in [-0.2, -0.15) is 5.10 Å². The minimum Gasteiger partial charge on any atom is -0.308 e. The number of fused-ring (bicyclic) bond motifs is 1. The average molecular weight is 520 g/mol. The van der Waals surface area contributed by atoms with E-state index in [2.05, 4.69) is 10.4 Å². The summed E-state index contributed by atoms with van der Waals surface area (Å²) < 4.78 is 1.56. The lowest BCUT2D eigenvalue weighted by molar-refractivity contribution is -0.116. The fourth-order valence-electron chi connectivity index (χ4n) is 3.78. The Hall–Kier alpha value is -2.87. The predicted octanol–water partition coefficient (Wildman–Crippen LogP) is 5.69. The van der Waals surface area contributed by atoms with Crippen molar-refractivity contribution in [3.63, 3.8) is 0 Å². The molecule has 0 spiro atoms. The highest BCUT2D eigenvalue weighted by molar-refractivity contribution is 6.36. The molecule has 3 amide bonds. The van der Waals surface area contributed by atoms with E-state index < -0.39 is 0 Å². The first kappa shape index (κ1) is 24.3. The van der Waals surface area contributed by atoms with Crippen molar-refractivity contribution >= 4 is 58.3 Å². The van der Waals surface area contributed by atoms with Crippen LogP contribution in [0, 0.1) is 0 Å². The Morgan fingerprint density at radius 2 is 1.50 bits per heavy atom. The number of imide groups is 1. The molecule has 2 aromatic carbocycles. The number of hydrogen-bond acceptors (Lipinski definition) is 4. The molecule has 10 heteroatoms. The Kier molecular flexibility index (Phi) is 7.56. The van der Waals surface area contributed by atoms with Gasteiger partial charge in [-0.25, -0.2) is 0 Å². The van der Waals surface area contributed by atoms with Gasteiger partial charge in [0.05, 0.1) is 17.7 Å². The van der Waals surface area contributed by atoms with Gasteiger partial charge >= 0.3 is 0 Å². The van der Waals surface area contributed by atoms with Crippen molar-refractivity contribution in [1.82, 2.24) is 14.7 Å². The van der Waals surface area contributed by atoms with E-state index in [1.165, 1.54) is 4.90 Å². The Bertz CT molecular complexity index is 1200. The highest BCUT2D eigenvalue weighted by atomic mass is 35.5. The van der Waals surface area contributed by atoms with Crippen LogP contribution in [0.2, 0.25) is 15.1 Å². The molecule has 1 aromatic heterocycles. The number of hydrogen-bond donors (Lipinski definition) is 1. The lowest BCUT2D eigenvalue weighted by Crippen LogP contribution is -2.30. The predicted molar refractivity (Wildman–Crippen MR) is 132 cm³/mol. The van der Waals surface area contributed by atoms with E-state index in [1.54, 1.807) is 53.3 Å². The van der Waals surface area contributed by atoms with Crippen LogP contribution >= 0.6 is 34.8 Å². The molecule has 0 saturated carbocycles. The van der Waals surface area contributed by atoms with E-state index in [-0.39, 0.29) is 30.0 Å². The zero-order chi connectivity index (χ0) is 24.2. The third-order valence-corrected chi connectivity index (χ3v) is 6.51. The summed E-state index contributed by atoms with van der Waals surface area (Å²) in [6.07, 6.45) is 3.77. The van der Waals surface area contributed by atoms with Gasteiger partial charge in [0.1, 0.15) is 5.02 Å². The Morgan fingerprint density at radius 1 is 0.853 bits per heavy atom. The van der Waals surface area contributed by atoms with Crippen molar-refractivity contribution < 1.29 is 14.4 Å². The van der Waals surface area contributed by atoms with Crippen molar-refractivity contribution in [3.8, 4) is 0 Å². The molecule has 34 heavy (non-hydrogen) atoms. The molecule has 1 aliphatic rings. The van der Waals surface area contributed by atoms with Gasteiger partial charge in [0.15, 0.2) is 5.82 Å². The molecule has 1 aliphatic heterocycles. The molecule has 0 aliphatic carbocycles. The van der Waals surface area contributed by atoms with E-state index in [0.29, 0.717) is 64.1 Å². The van der Waals surface area contributed by atoms with Gasteiger partial charge in [0, 0.05) is 34.8 Å². The molecule has 0 fully saturated rings. The molecule has 0 bridgehead atoms. The normalized spacial score (nSPS) is 12.9. The van der Waals surface area contributed by atoms with E-state index >= 15 is 0 Å². The summed E-state index contributed by atoms with van der Waals surface area (Å²) >= 11 is 18.6. The van der Waals surface area contributed by atoms with E-state index in [4.69, 9.17) is 34.8 Å². The highest BCUT2D eigenvalue weighted by Crippen LogP contribution is 2.27. The van der Waals surface area contributed by atoms with Crippen LogP contribution in [-0.4, -0.2) is 38.9 Å². The molecular formula is C24H21Cl3N4O3. The maximum Gasteiger partial charge on any atom is 0.261 e. The molecule has 176 valence electrons. The first-order chi connectivity index (χ1) is 16.3. The first-order valence-electron chi connectivity index (χ1n) is 10.8. The van der Waals surface area contributed by atoms with Gasteiger partial charge in [-0.15, -0.1) is 0 Å². The van der Waals surface area contributed by atoms with E-state index in [9.17, 15) is 14.4 Å². The Labute approximate surface area is 211 Å². The summed E-state index contributed by atoms with van der Waals surface area (Å²) in [5.74, 6) is -0.479. The topological polar surface area (TPSA) is 84.3 Å². The number of benzene rings is 2. The van der Waals surface area contributed by atoms with Crippen LogP contribution < -0.4 is 5.32 Å². The monoisotopic (exact) mass is 518 g/mol. The minimum atomic E-state index is -0.262. The zero-order valence-corrected chi connectivity index (χ0v) is 20.3. The van der Waals surface area contributed by atoms with Crippen molar-refractivity contribution in [3.05, 3.63) is 80.4 Å². The SMILES string of the molecule is O=C(CCCCCN1C(=O)c2ccccc2C1=O)Nc1nn(Cc2c(Cl)cccc2Cl)cc1Cl. The first-order valence-corrected chi connectivity index (χ1v) is 11.9. The second kappa shape index (κ2) is 10.6. The van der Waals surface area contributed by atoms with Crippen molar-refractivity contribution in [2.45, 2.75) is 32.2 Å². The maximum atomic E-state index is 12.4. The molecule has 4 rings (SSSR count). The molecule has 3 aromatic rings. The van der Waals surface area contributed by atoms with Gasteiger partial charge in [-0.1, -0.05) is 59.4 Å². The standard InChI is InChI=1S/C24H21Cl3N4O3/c25-18-9-6-10-19(26)17(18)13-30-14-20(27)22(29-30)28-21(32)11-2-1-5-12-31-23(33)15-7-3-4-8-16(15)24(31)34/h3-4,6-10,14H,1-2,5,11-13H2,(H,28,29,32). The number of anilines is 1. The van der Waals surface area contributed by atoms with Gasteiger partial charge in [-0.05, 0) is 37.1 Å². The summed E-state index contributed by atoms with van der Waals surface area (Å²) in [5.41, 5.74) is 1.60. The van der Waals surface area contributed by atoms with Crippen LogP contribution in [0.1, 0.15) is 52.0 Å². The lowest BCUT2D eigenvalue weighted by atomic mass is 10.1. The van der Waals surface area contributed by atoms with Crippen LogP contribution in [-0.2, 0) is 11.3 Å². The average Bonchev–Trinajstić information content (AvgIpc) is 3.27. The fourth-order valence-corrected chi connectivity index (χ4v) is 4.49. The second-order valence-electron chi connectivity index (χ2n) is 7.89. The number of halogens is 3. The number of nitrogens with zero attached hydrogens (tertiary/aromatic N) is 3. The molecule has 0 saturated heterocycles. The maximum absolute atomic E-state index is 12.4. The third kappa shape index (κ3) is 5.27. The third-order valence-electron chi connectivity index (χ3n) is 5.52. The summed E-state index contributed by atoms with van der Waals surface area (Å²) in [4.78, 5) is 38.3. The summed E-state index contributed by atoms with van der Waals surface area (Å²) in [6, 6.07) is 12.1. The van der Waals surface area contributed by atoms with E-state index in [0.717, 1.165) is 0 Å². The fraction of sp³-hybridized carbons (Fsp3) is 0.250. The number of rotatable bonds is 9. The second-order valence-corrected chi connectivity index (χ2v) is 9.11. The number of carbonyl (C=O) groups is 3. The number of unbranched alkanes of at least 4 members (excludes halogenated alkanes) is 2. The number of amides is 3.